The molecule has 0 bridgehead atoms. The Labute approximate surface area is 164 Å². The molecule has 1 fully saturated rings. The van der Waals surface area contributed by atoms with Crippen molar-refractivity contribution in [3.05, 3.63) is 57.9 Å². The van der Waals surface area contributed by atoms with Crippen molar-refractivity contribution in [2.24, 2.45) is 5.92 Å². The van der Waals surface area contributed by atoms with Crippen LogP contribution in [0, 0.1) is 5.92 Å². The van der Waals surface area contributed by atoms with Crippen LogP contribution in [0.15, 0.2) is 35.3 Å². The minimum atomic E-state index is 0.0676. The second-order valence-electron chi connectivity index (χ2n) is 8.11. The molecule has 146 valence electrons. The van der Waals surface area contributed by atoms with Crippen molar-refractivity contribution in [2.45, 2.75) is 51.6 Å². The number of rotatable bonds is 4. The third-order valence-corrected chi connectivity index (χ3v) is 6.16. The number of likely N-dealkylation sites (tertiary alicyclic amines) is 1. The van der Waals surface area contributed by atoms with Crippen LogP contribution >= 0.6 is 0 Å². The first kappa shape index (κ1) is 17.6. The van der Waals surface area contributed by atoms with E-state index in [0.717, 1.165) is 69.0 Å². The molecule has 3 aromatic rings. The highest BCUT2D eigenvalue weighted by atomic mass is 16.1. The summed E-state index contributed by atoms with van der Waals surface area (Å²) in [6.45, 7) is 3.60. The summed E-state index contributed by atoms with van der Waals surface area (Å²) in [5.41, 5.74) is 3.27. The van der Waals surface area contributed by atoms with Crippen molar-refractivity contribution < 1.29 is 0 Å². The van der Waals surface area contributed by atoms with Gasteiger partial charge in [-0.3, -0.25) is 14.1 Å². The molecule has 0 radical (unpaired) electrons. The second kappa shape index (κ2) is 7.47. The Morgan fingerprint density at radius 1 is 1.07 bits per heavy atom. The predicted octanol–water partition coefficient (Wildman–Crippen LogP) is 2.08. The average molecular weight is 378 g/mol. The van der Waals surface area contributed by atoms with Crippen LogP contribution in [0.4, 0.5) is 0 Å². The number of fused-ring (bicyclic) bond motifs is 2. The number of hydrogen-bond donors (Lipinski definition) is 0. The first-order valence-corrected chi connectivity index (χ1v) is 10.4. The summed E-state index contributed by atoms with van der Waals surface area (Å²) in [6.07, 6.45) is 8.58. The van der Waals surface area contributed by atoms with Gasteiger partial charge >= 0.3 is 0 Å². The molecule has 1 aliphatic carbocycles. The van der Waals surface area contributed by atoms with Gasteiger partial charge in [0.1, 0.15) is 0 Å². The summed E-state index contributed by atoms with van der Waals surface area (Å²) < 4.78 is 3.78. The van der Waals surface area contributed by atoms with E-state index in [9.17, 15) is 4.79 Å². The van der Waals surface area contributed by atoms with E-state index in [4.69, 9.17) is 0 Å². The van der Waals surface area contributed by atoms with E-state index >= 15 is 0 Å². The molecule has 3 aromatic heterocycles. The number of hydrogen-bond acceptors (Lipinski definition) is 5. The van der Waals surface area contributed by atoms with Gasteiger partial charge in [0.15, 0.2) is 11.5 Å². The maximum atomic E-state index is 12.4. The van der Waals surface area contributed by atoms with Gasteiger partial charge in [-0.25, -0.2) is 4.68 Å². The monoisotopic (exact) mass is 378 g/mol. The van der Waals surface area contributed by atoms with Crippen LogP contribution < -0.4 is 5.56 Å². The van der Waals surface area contributed by atoms with Crippen LogP contribution in [-0.2, 0) is 25.9 Å². The zero-order valence-electron chi connectivity index (χ0n) is 16.1. The Balaban J connectivity index is 1.21. The van der Waals surface area contributed by atoms with Crippen LogP contribution in [0.25, 0.3) is 5.65 Å². The maximum Gasteiger partial charge on any atom is 0.267 e. The number of nitrogens with zero attached hydrogens (tertiary/aromatic N) is 6. The van der Waals surface area contributed by atoms with Gasteiger partial charge in [0.05, 0.1) is 12.2 Å². The number of aryl methyl sites for hydroxylation is 2. The fourth-order valence-electron chi connectivity index (χ4n) is 4.50. The van der Waals surface area contributed by atoms with E-state index < -0.39 is 0 Å². The van der Waals surface area contributed by atoms with E-state index in [2.05, 4.69) is 24.6 Å². The van der Waals surface area contributed by atoms with Gasteiger partial charge in [-0.05, 0) is 75.2 Å². The van der Waals surface area contributed by atoms with Crippen molar-refractivity contribution in [1.82, 2.24) is 29.3 Å². The predicted molar refractivity (Wildman–Crippen MR) is 106 cm³/mol. The van der Waals surface area contributed by atoms with Crippen LogP contribution in [0.5, 0.6) is 0 Å². The fraction of sp³-hybridized carbons (Fsp3) is 0.524. The van der Waals surface area contributed by atoms with Gasteiger partial charge in [0.2, 0.25) is 0 Å². The first-order valence-electron chi connectivity index (χ1n) is 10.4. The summed E-state index contributed by atoms with van der Waals surface area (Å²) >= 11 is 0. The highest BCUT2D eigenvalue weighted by Crippen LogP contribution is 2.21. The molecule has 0 spiro atoms. The third kappa shape index (κ3) is 3.46. The molecule has 7 heteroatoms. The van der Waals surface area contributed by atoms with E-state index in [1.165, 1.54) is 18.4 Å². The van der Waals surface area contributed by atoms with E-state index in [1.54, 1.807) is 4.68 Å². The zero-order chi connectivity index (χ0) is 18.9. The molecule has 0 aromatic carbocycles. The van der Waals surface area contributed by atoms with Crippen molar-refractivity contribution in [2.75, 3.05) is 13.1 Å². The number of piperidine rings is 1. The number of pyridine rings is 1. The summed E-state index contributed by atoms with van der Waals surface area (Å²) in [4.78, 5) is 14.9. The van der Waals surface area contributed by atoms with Crippen LogP contribution in [0.2, 0.25) is 0 Å². The SMILES string of the molecule is O=c1cc2c(nn1CC1CCN(Cc3nnc4ccccn34)CC1)CCCC2. The summed E-state index contributed by atoms with van der Waals surface area (Å²) in [5.74, 6) is 1.50. The topological polar surface area (TPSA) is 68.3 Å². The molecule has 2 aliphatic rings. The Hall–Kier alpha value is -2.54. The molecule has 28 heavy (non-hydrogen) atoms. The Morgan fingerprint density at radius 2 is 1.93 bits per heavy atom. The Kier molecular flexibility index (Phi) is 4.68. The lowest BCUT2D eigenvalue weighted by Crippen LogP contribution is -2.37. The first-order chi connectivity index (χ1) is 13.8. The summed E-state index contributed by atoms with van der Waals surface area (Å²) in [6, 6.07) is 7.80. The van der Waals surface area contributed by atoms with Crippen molar-refractivity contribution >= 4 is 5.65 Å². The van der Waals surface area contributed by atoms with E-state index in [-0.39, 0.29) is 5.56 Å². The molecule has 0 unspecified atom stereocenters. The smallest absolute Gasteiger partial charge is 0.267 e. The molecule has 1 saturated heterocycles. The molecule has 7 nitrogen and oxygen atoms in total. The van der Waals surface area contributed by atoms with Gasteiger partial charge in [0.25, 0.3) is 5.56 Å². The normalized spacial score (nSPS) is 18.4. The van der Waals surface area contributed by atoms with Gasteiger partial charge in [-0.15, -0.1) is 10.2 Å². The van der Waals surface area contributed by atoms with Crippen LogP contribution in [0.3, 0.4) is 0 Å². The van der Waals surface area contributed by atoms with Gasteiger partial charge in [-0.1, -0.05) is 6.07 Å². The lowest BCUT2D eigenvalue weighted by molar-refractivity contribution is 0.159. The van der Waals surface area contributed by atoms with Crippen molar-refractivity contribution in [3.63, 3.8) is 0 Å². The van der Waals surface area contributed by atoms with Crippen molar-refractivity contribution in [1.29, 1.82) is 0 Å². The molecule has 4 heterocycles. The molecule has 0 saturated carbocycles. The average Bonchev–Trinajstić information content (AvgIpc) is 3.13. The molecule has 0 N–H and O–H groups in total. The van der Waals surface area contributed by atoms with Crippen LogP contribution in [0.1, 0.15) is 42.8 Å². The summed E-state index contributed by atoms with van der Waals surface area (Å²) in [7, 11) is 0. The molecule has 0 amide bonds. The van der Waals surface area contributed by atoms with E-state index in [0.29, 0.717) is 5.92 Å². The quantitative estimate of drug-likeness (QED) is 0.695. The fourth-order valence-corrected chi connectivity index (χ4v) is 4.50. The zero-order valence-corrected chi connectivity index (χ0v) is 16.1. The Bertz CT molecular complexity index is 1030. The second-order valence-corrected chi connectivity index (χ2v) is 8.11. The molecular weight excluding hydrogens is 352 g/mol. The number of aromatic nitrogens is 5. The third-order valence-electron chi connectivity index (χ3n) is 6.16. The van der Waals surface area contributed by atoms with Crippen molar-refractivity contribution in [3.8, 4) is 0 Å². The highest BCUT2D eigenvalue weighted by molar-refractivity contribution is 5.36. The van der Waals surface area contributed by atoms with Gasteiger partial charge in [0, 0.05) is 18.8 Å². The standard InChI is InChI=1S/C21H26N6O/c28-21-13-17-5-1-2-6-18(17)24-27(21)14-16-8-11-25(12-9-16)15-20-23-22-19-7-3-4-10-26(19)20/h3-4,7,10,13,16H,1-2,5-6,8-9,11-12,14-15H2. The molecular formula is C21H26N6O. The maximum absolute atomic E-state index is 12.4. The summed E-state index contributed by atoms with van der Waals surface area (Å²) in [5, 5.41) is 13.3. The van der Waals surface area contributed by atoms with E-state index in [1.807, 2.05) is 30.5 Å². The molecule has 5 rings (SSSR count). The van der Waals surface area contributed by atoms with Crippen LogP contribution in [-0.4, -0.2) is 42.4 Å². The lowest BCUT2D eigenvalue weighted by atomic mass is 9.96. The van der Waals surface area contributed by atoms with Gasteiger partial charge in [-0.2, -0.15) is 5.10 Å². The Morgan fingerprint density at radius 3 is 2.82 bits per heavy atom. The largest absolute Gasteiger partial charge is 0.296 e. The molecule has 1 aliphatic heterocycles. The minimum absolute atomic E-state index is 0.0676. The van der Waals surface area contributed by atoms with Gasteiger partial charge < -0.3 is 0 Å². The molecule has 0 atom stereocenters. The minimum Gasteiger partial charge on any atom is -0.296 e. The lowest BCUT2D eigenvalue weighted by Gasteiger charge is -2.31. The highest BCUT2D eigenvalue weighted by Gasteiger charge is 2.22.